The molecule has 1 atom stereocenters. The minimum atomic E-state index is -0.497. The fourth-order valence-electron chi connectivity index (χ4n) is 2.71. The van der Waals surface area contributed by atoms with Gasteiger partial charge in [-0.3, -0.25) is 9.59 Å². The van der Waals surface area contributed by atoms with Gasteiger partial charge in [0.25, 0.3) is 5.91 Å². The number of nitrogens with one attached hydrogen (secondary N) is 1. The molecule has 1 N–H and O–H groups in total. The molecule has 1 heterocycles. The summed E-state index contributed by atoms with van der Waals surface area (Å²) >= 11 is 12.0. The van der Waals surface area contributed by atoms with E-state index in [4.69, 9.17) is 37.4 Å². The lowest BCUT2D eigenvalue weighted by Crippen LogP contribution is -2.31. The molecule has 27 heavy (non-hydrogen) atoms. The Kier molecular flexibility index (Phi) is 6.08. The Morgan fingerprint density at radius 3 is 2.78 bits per heavy atom. The molecule has 1 amide bonds. The minimum Gasteiger partial charge on any atom is -0.495 e. The molecule has 2 aromatic rings. The maximum Gasteiger partial charge on any atom is 0.313 e. The van der Waals surface area contributed by atoms with Crippen molar-refractivity contribution in [3.63, 3.8) is 0 Å². The number of amides is 1. The summed E-state index contributed by atoms with van der Waals surface area (Å²) in [5, 5.41) is 3.55. The van der Waals surface area contributed by atoms with Gasteiger partial charge in [0, 0.05) is 10.7 Å². The summed E-state index contributed by atoms with van der Waals surface area (Å²) in [6.45, 7) is -0.204. The summed E-state index contributed by atoms with van der Waals surface area (Å²) in [6.07, 6.45) is 0.449. The number of anilines is 1. The van der Waals surface area contributed by atoms with Crippen LogP contribution in [-0.4, -0.2) is 32.2 Å². The molecule has 1 aliphatic heterocycles. The molecule has 0 unspecified atom stereocenters. The summed E-state index contributed by atoms with van der Waals surface area (Å²) in [6, 6.07) is 10.1. The van der Waals surface area contributed by atoms with Crippen LogP contribution in [-0.2, 0) is 20.7 Å². The standard InChI is InChI=1S/C19H17Cl2NO5/c1-25-17-5-3-14(8-15(17)21)22-18(23)10-27-19(24)12-6-11-7-13(20)2-4-16(11)26-9-12/h2-5,7-8,12H,6,9-10H2,1H3,(H,22,23)/t12-/m0/s1. The summed E-state index contributed by atoms with van der Waals surface area (Å²) in [4.78, 5) is 24.2. The number of benzene rings is 2. The van der Waals surface area contributed by atoms with E-state index in [0.717, 1.165) is 5.56 Å². The second-order valence-electron chi connectivity index (χ2n) is 5.97. The quantitative estimate of drug-likeness (QED) is 0.761. The highest BCUT2D eigenvalue weighted by atomic mass is 35.5. The average molecular weight is 410 g/mol. The van der Waals surface area contributed by atoms with Gasteiger partial charge in [-0.2, -0.15) is 0 Å². The van der Waals surface area contributed by atoms with Crippen molar-refractivity contribution in [1.29, 1.82) is 0 Å². The molecule has 8 heteroatoms. The molecule has 0 aromatic heterocycles. The van der Waals surface area contributed by atoms with Crippen molar-refractivity contribution in [2.45, 2.75) is 6.42 Å². The van der Waals surface area contributed by atoms with Gasteiger partial charge in [-0.1, -0.05) is 23.2 Å². The van der Waals surface area contributed by atoms with Crippen LogP contribution in [0.25, 0.3) is 0 Å². The third-order valence-electron chi connectivity index (χ3n) is 4.04. The van der Waals surface area contributed by atoms with Gasteiger partial charge in [-0.15, -0.1) is 0 Å². The molecule has 3 rings (SSSR count). The Morgan fingerprint density at radius 2 is 2.04 bits per heavy atom. The fraction of sp³-hybridized carbons (Fsp3) is 0.263. The smallest absolute Gasteiger partial charge is 0.313 e. The molecule has 0 aliphatic carbocycles. The van der Waals surface area contributed by atoms with Gasteiger partial charge >= 0.3 is 5.97 Å². The zero-order chi connectivity index (χ0) is 19.4. The highest BCUT2D eigenvalue weighted by molar-refractivity contribution is 6.32. The highest BCUT2D eigenvalue weighted by Gasteiger charge is 2.28. The molecular formula is C19H17Cl2NO5. The predicted octanol–water partition coefficient (Wildman–Crippen LogP) is 3.74. The number of carbonyl (C=O) groups excluding carboxylic acids is 2. The molecule has 0 saturated heterocycles. The second kappa shape index (κ2) is 8.50. The second-order valence-corrected chi connectivity index (χ2v) is 6.81. The molecule has 0 fully saturated rings. The summed E-state index contributed by atoms with van der Waals surface area (Å²) in [5.74, 6) is -0.246. The zero-order valence-corrected chi connectivity index (χ0v) is 16.0. The lowest BCUT2D eigenvalue weighted by atomic mass is 9.97. The van der Waals surface area contributed by atoms with Gasteiger partial charge in [0.1, 0.15) is 18.1 Å². The Morgan fingerprint density at radius 1 is 1.22 bits per heavy atom. The molecule has 142 valence electrons. The van der Waals surface area contributed by atoms with Crippen LogP contribution >= 0.6 is 23.2 Å². The summed E-state index contributed by atoms with van der Waals surface area (Å²) < 4.78 is 15.7. The van der Waals surface area contributed by atoms with Gasteiger partial charge in [-0.25, -0.2) is 0 Å². The third-order valence-corrected chi connectivity index (χ3v) is 4.57. The normalized spacial score (nSPS) is 15.3. The van der Waals surface area contributed by atoms with Crippen LogP contribution in [0.5, 0.6) is 11.5 Å². The van der Waals surface area contributed by atoms with Crippen molar-refractivity contribution in [2.24, 2.45) is 5.92 Å². The zero-order valence-electron chi connectivity index (χ0n) is 14.5. The number of carbonyl (C=O) groups is 2. The van der Waals surface area contributed by atoms with Crippen molar-refractivity contribution in [3.8, 4) is 11.5 Å². The molecule has 0 bridgehead atoms. The molecular weight excluding hydrogens is 393 g/mol. The van der Waals surface area contributed by atoms with E-state index in [1.807, 2.05) is 0 Å². The van der Waals surface area contributed by atoms with E-state index >= 15 is 0 Å². The van der Waals surface area contributed by atoms with Gasteiger partial charge in [0.05, 0.1) is 18.1 Å². The first kappa shape index (κ1) is 19.3. The lowest BCUT2D eigenvalue weighted by Gasteiger charge is -2.24. The Balaban J connectivity index is 1.52. The first-order valence-corrected chi connectivity index (χ1v) is 8.93. The Bertz CT molecular complexity index is 871. The van der Waals surface area contributed by atoms with Gasteiger partial charge in [0.2, 0.25) is 0 Å². The number of esters is 1. The third kappa shape index (κ3) is 4.84. The van der Waals surface area contributed by atoms with Crippen molar-refractivity contribution >= 4 is 40.8 Å². The fourth-order valence-corrected chi connectivity index (χ4v) is 3.16. The molecule has 1 aliphatic rings. The van der Waals surface area contributed by atoms with E-state index in [1.165, 1.54) is 7.11 Å². The number of hydrogen-bond acceptors (Lipinski definition) is 5. The largest absolute Gasteiger partial charge is 0.495 e. The monoisotopic (exact) mass is 409 g/mol. The summed E-state index contributed by atoms with van der Waals surface area (Å²) in [7, 11) is 1.50. The SMILES string of the molecule is COc1ccc(NC(=O)COC(=O)[C@@H]2COc3ccc(Cl)cc3C2)cc1Cl. The van der Waals surface area contributed by atoms with Crippen LogP contribution in [0.1, 0.15) is 5.56 Å². The maximum atomic E-state index is 12.2. The number of hydrogen-bond donors (Lipinski definition) is 1. The number of fused-ring (bicyclic) bond motifs is 1. The van der Waals surface area contributed by atoms with Crippen LogP contribution in [0.15, 0.2) is 36.4 Å². The van der Waals surface area contributed by atoms with E-state index in [-0.39, 0.29) is 6.61 Å². The van der Waals surface area contributed by atoms with Crippen LogP contribution in [0.2, 0.25) is 10.0 Å². The number of ether oxygens (including phenoxy) is 3. The van der Waals surface area contributed by atoms with Crippen molar-refractivity contribution in [3.05, 3.63) is 52.0 Å². The minimum absolute atomic E-state index is 0.198. The van der Waals surface area contributed by atoms with Crippen molar-refractivity contribution < 1.29 is 23.8 Å². The summed E-state index contributed by atoms with van der Waals surface area (Å²) in [5.41, 5.74) is 1.32. The number of methoxy groups -OCH3 is 1. The lowest BCUT2D eigenvalue weighted by molar-refractivity contribution is -0.152. The Labute approximate surface area is 166 Å². The molecule has 6 nitrogen and oxygen atoms in total. The van der Waals surface area contributed by atoms with Gasteiger partial charge in [0.15, 0.2) is 6.61 Å². The van der Waals surface area contributed by atoms with Crippen LogP contribution < -0.4 is 14.8 Å². The van der Waals surface area contributed by atoms with Crippen molar-refractivity contribution in [1.82, 2.24) is 0 Å². The van der Waals surface area contributed by atoms with Gasteiger partial charge < -0.3 is 19.5 Å². The van der Waals surface area contributed by atoms with Crippen LogP contribution in [0.4, 0.5) is 5.69 Å². The van der Waals surface area contributed by atoms with E-state index in [0.29, 0.717) is 33.7 Å². The van der Waals surface area contributed by atoms with E-state index in [2.05, 4.69) is 5.32 Å². The first-order valence-electron chi connectivity index (χ1n) is 8.17. The molecule has 2 aromatic carbocycles. The predicted molar refractivity (Wildman–Crippen MR) is 102 cm³/mol. The number of rotatable bonds is 5. The highest BCUT2D eigenvalue weighted by Crippen LogP contribution is 2.30. The van der Waals surface area contributed by atoms with Crippen LogP contribution in [0.3, 0.4) is 0 Å². The van der Waals surface area contributed by atoms with E-state index < -0.39 is 24.4 Å². The average Bonchev–Trinajstić information content (AvgIpc) is 2.65. The van der Waals surface area contributed by atoms with E-state index in [9.17, 15) is 9.59 Å². The van der Waals surface area contributed by atoms with Crippen LogP contribution in [0, 0.1) is 5.92 Å². The Hall–Kier alpha value is -2.44. The maximum absolute atomic E-state index is 12.2. The van der Waals surface area contributed by atoms with E-state index in [1.54, 1.807) is 36.4 Å². The van der Waals surface area contributed by atoms with Crippen molar-refractivity contribution in [2.75, 3.05) is 25.6 Å². The molecule has 0 radical (unpaired) electrons. The van der Waals surface area contributed by atoms with Gasteiger partial charge in [-0.05, 0) is 48.4 Å². The molecule has 0 spiro atoms. The first-order chi connectivity index (χ1) is 13.0. The topological polar surface area (TPSA) is 73.9 Å². The molecule has 0 saturated carbocycles. The number of halogens is 2.